The number of aryl methyl sites for hydroxylation is 1. The molecule has 0 aliphatic carbocycles. The molecule has 0 radical (unpaired) electrons. The summed E-state index contributed by atoms with van der Waals surface area (Å²) in [6.45, 7) is 6.23. The van der Waals surface area contributed by atoms with Crippen molar-refractivity contribution in [3.05, 3.63) is 64.7 Å². The third-order valence-electron chi connectivity index (χ3n) is 3.48. The summed E-state index contributed by atoms with van der Waals surface area (Å²) >= 11 is 5.98. The van der Waals surface area contributed by atoms with E-state index in [1.807, 2.05) is 43.3 Å². The first-order valence-corrected chi connectivity index (χ1v) is 9.95. The number of anilines is 1. The van der Waals surface area contributed by atoms with Crippen LogP contribution < -0.4 is 5.32 Å². The molecule has 0 aliphatic rings. The lowest BCUT2D eigenvalue weighted by Crippen LogP contribution is -2.15. The van der Waals surface area contributed by atoms with Gasteiger partial charge in [0.05, 0.1) is 13.2 Å². The van der Waals surface area contributed by atoms with Crippen LogP contribution in [-0.4, -0.2) is 13.2 Å². The highest BCUT2D eigenvalue weighted by molar-refractivity contribution is 7.54. The predicted molar refractivity (Wildman–Crippen MR) is 99.9 cm³/mol. The Bertz CT molecular complexity index is 678. The fourth-order valence-corrected chi connectivity index (χ4v) is 4.41. The fraction of sp³-hybridized carbons (Fsp3) is 0.333. The van der Waals surface area contributed by atoms with Crippen molar-refractivity contribution in [2.75, 3.05) is 18.5 Å². The highest BCUT2D eigenvalue weighted by Gasteiger charge is 2.37. The van der Waals surface area contributed by atoms with Crippen LogP contribution >= 0.6 is 19.2 Å². The molecule has 2 aromatic carbocycles. The lowest BCUT2D eigenvalue weighted by molar-refractivity contribution is 0.214. The standard InChI is InChI=1S/C18H23ClNO3P/c1-4-22-24(21,23-5-2)18(15-8-10-16(19)11-9-15)20-17-12-6-14(3)7-13-17/h6-13,18,20H,4-5H2,1-3H3/t18-/m1/s1. The molecule has 0 saturated heterocycles. The Balaban J connectivity index is 2.41. The van der Waals surface area contributed by atoms with Crippen LogP contribution in [0.5, 0.6) is 0 Å². The molecule has 1 N–H and O–H groups in total. The van der Waals surface area contributed by atoms with Crippen LogP contribution in [0.4, 0.5) is 5.69 Å². The number of nitrogens with one attached hydrogen (secondary N) is 1. The number of rotatable bonds is 8. The first-order valence-electron chi connectivity index (χ1n) is 7.96. The Morgan fingerprint density at radius 3 is 2.04 bits per heavy atom. The van der Waals surface area contributed by atoms with Crippen molar-refractivity contribution in [2.24, 2.45) is 0 Å². The minimum atomic E-state index is -3.40. The molecule has 0 amide bonds. The minimum absolute atomic E-state index is 0.303. The zero-order valence-electron chi connectivity index (χ0n) is 14.2. The maximum Gasteiger partial charge on any atom is 0.357 e. The zero-order chi connectivity index (χ0) is 17.6. The Morgan fingerprint density at radius 2 is 1.54 bits per heavy atom. The van der Waals surface area contributed by atoms with Crippen molar-refractivity contribution in [3.63, 3.8) is 0 Å². The molecule has 0 bridgehead atoms. The van der Waals surface area contributed by atoms with E-state index in [4.69, 9.17) is 20.6 Å². The maximum absolute atomic E-state index is 13.3. The number of hydrogen-bond donors (Lipinski definition) is 1. The summed E-state index contributed by atoms with van der Waals surface area (Å²) in [6.07, 6.45) is 0. The molecular formula is C18H23ClNO3P. The van der Waals surface area contributed by atoms with Gasteiger partial charge in [-0.3, -0.25) is 4.57 Å². The lowest BCUT2D eigenvalue weighted by atomic mass is 10.2. The number of hydrogen-bond acceptors (Lipinski definition) is 4. The molecule has 0 saturated carbocycles. The van der Waals surface area contributed by atoms with Gasteiger partial charge in [0.25, 0.3) is 0 Å². The van der Waals surface area contributed by atoms with Crippen molar-refractivity contribution in [3.8, 4) is 0 Å². The Hall–Kier alpha value is -1.32. The second kappa shape index (κ2) is 8.68. The summed E-state index contributed by atoms with van der Waals surface area (Å²) in [5, 5.41) is 3.92. The molecule has 2 rings (SSSR count). The van der Waals surface area contributed by atoms with Gasteiger partial charge >= 0.3 is 7.60 Å². The van der Waals surface area contributed by atoms with E-state index >= 15 is 0 Å². The first kappa shape index (κ1) is 19.0. The summed E-state index contributed by atoms with van der Waals surface area (Å²) in [5.74, 6) is -0.614. The summed E-state index contributed by atoms with van der Waals surface area (Å²) in [4.78, 5) is 0. The van der Waals surface area contributed by atoms with Crippen molar-refractivity contribution in [1.82, 2.24) is 0 Å². The van der Waals surface area contributed by atoms with Crippen LogP contribution in [0.15, 0.2) is 48.5 Å². The SMILES string of the molecule is CCOP(=O)(OCC)[C@@H](Nc1ccc(C)cc1)c1ccc(Cl)cc1. The predicted octanol–water partition coefficient (Wildman–Crippen LogP) is 6.03. The van der Waals surface area contributed by atoms with Crippen LogP contribution in [0, 0.1) is 6.92 Å². The van der Waals surface area contributed by atoms with Gasteiger partial charge in [0.1, 0.15) is 0 Å². The molecule has 6 heteroatoms. The van der Waals surface area contributed by atoms with Crippen molar-refractivity contribution < 1.29 is 13.6 Å². The molecule has 24 heavy (non-hydrogen) atoms. The van der Waals surface area contributed by atoms with Crippen LogP contribution in [-0.2, 0) is 13.6 Å². The molecule has 0 aliphatic heterocycles. The summed E-state index contributed by atoms with van der Waals surface area (Å²) in [5.41, 5.74) is 2.80. The number of halogens is 1. The largest absolute Gasteiger partial charge is 0.368 e. The van der Waals surface area contributed by atoms with Crippen LogP contribution in [0.1, 0.15) is 30.8 Å². The third kappa shape index (κ3) is 4.84. The van der Waals surface area contributed by atoms with Crippen molar-refractivity contribution in [2.45, 2.75) is 26.6 Å². The molecule has 4 nitrogen and oxygen atoms in total. The lowest BCUT2D eigenvalue weighted by Gasteiger charge is -2.28. The molecule has 0 fully saturated rings. The minimum Gasteiger partial charge on any atom is -0.368 e. The van der Waals surface area contributed by atoms with Gasteiger partial charge in [0, 0.05) is 10.7 Å². The molecule has 0 spiro atoms. The van der Waals surface area contributed by atoms with Gasteiger partial charge in [-0.1, -0.05) is 41.4 Å². The van der Waals surface area contributed by atoms with E-state index in [0.29, 0.717) is 18.2 Å². The Morgan fingerprint density at radius 1 is 1.00 bits per heavy atom. The van der Waals surface area contributed by atoms with Crippen LogP contribution in [0.3, 0.4) is 0 Å². The van der Waals surface area contributed by atoms with Gasteiger partial charge in [0.2, 0.25) is 0 Å². The molecule has 0 heterocycles. The van der Waals surface area contributed by atoms with E-state index in [9.17, 15) is 4.57 Å². The third-order valence-corrected chi connectivity index (χ3v) is 6.02. The smallest absolute Gasteiger partial charge is 0.357 e. The quantitative estimate of drug-likeness (QED) is 0.579. The second-order valence-corrected chi connectivity index (χ2v) is 7.89. The van der Waals surface area contributed by atoms with Gasteiger partial charge in [0.15, 0.2) is 5.78 Å². The van der Waals surface area contributed by atoms with E-state index in [-0.39, 0.29) is 0 Å². The molecule has 0 unspecified atom stereocenters. The van der Waals surface area contributed by atoms with E-state index in [1.54, 1.807) is 26.0 Å². The van der Waals surface area contributed by atoms with E-state index < -0.39 is 13.4 Å². The van der Waals surface area contributed by atoms with Gasteiger partial charge in [-0.05, 0) is 50.6 Å². The number of benzene rings is 2. The van der Waals surface area contributed by atoms with Gasteiger partial charge < -0.3 is 14.4 Å². The van der Waals surface area contributed by atoms with Crippen molar-refractivity contribution >= 4 is 24.9 Å². The monoisotopic (exact) mass is 367 g/mol. The Labute approximate surface area is 148 Å². The summed E-state index contributed by atoms with van der Waals surface area (Å²) in [6, 6.07) is 15.1. The maximum atomic E-state index is 13.3. The molecule has 1 atom stereocenters. The average Bonchev–Trinajstić information content (AvgIpc) is 2.56. The molecule has 130 valence electrons. The average molecular weight is 368 g/mol. The molecule has 2 aromatic rings. The highest BCUT2D eigenvalue weighted by atomic mass is 35.5. The summed E-state index contributed by atoms with van der Waals surface area (Å²) in [7, 11) is -3.40. The van der Waals surface area contributed by atoms with Crippen LogP contribution in [0.25, 0.3) is 0 Å². The molecule has 0 aromatic heterocycles. The van der Waals surface area contributed by atoms with E-state index in [0.717, 1.165) is 16.8 Å². The molecular weight excluding hydrogens is 345 g/mol. The first-order chi connectivity index (χ1) is 11.5. The van der Waals surface area contributed by atoms with Gasteiger partial charge in [-0.25, -0.2) is 0 Å². The normalized spacial score (nSPS) is 12.8. The van der Waals surface area contributed by atoms with E-state index in [2.05, 4.69) is 5.32 Å². The van der Waals surface area contributed by atoms with Gasteiger partial charge in [-0.2, -0.15) is 0 Å². The Kier molecular flexibility index (Phi) is 6.88. The van der Waals surface area contributed by atoms with E-state index in [1.165, 1.54) is 0 Å². The fourth-order valence-electron chi connectivity index (χ4n) is 2.34. The van der Waals surface area contributed by atoms with Crippen molar-refractivity contribution in [1.29, 1.82) is 0 Å². The zero-order valence-corrected chi connectivity index (χ0v) is 15.8. The highest BCUT2D eigenvalue weighted by Crippen LogP contribution is 2.60. The topological polar surface area (TPSA) is 47.6 Å². The second-order valence-electron chi connectivity index (χ2n) is 5.34. The van der Waals surface area contributed by atoms with Gasteiger partial charge in [-0.15, -0.1) is 0 Å². The summed E-state index contributed by atoms with van der Waals surface area (Å²) < 4.78 is 24.4. The van der Waals surface area contributed by atoms with Crippen LogP contribution in [0.2, 0.25) is 5.02 Å².